The van der Waals surface area contributed by atoms with Crippen LogP contribution in [0.15, 0.2) is 0 Å². The number of unbranched alkanes of at least 4 members (excludes halogenated alkanes) is 1. The van der Waals surface area contributed by atoms with Crippen molar-refractivity contribution in [3.63, 3.8) is 0 Å². The summed E-state index contributed by atoms with van der Waals surface area (Å²) in [6.45, 7) is 11.9. The molecular weight excluding hydrogens is 285 g/mol. The third kappa shape index (κ3) is 8.62. The standard InChI is InChI=1S/C10H22N.C2H5.CH3.In/c1-5-7-9-11(8-6-2)10(3)4;1-2;;/h10H,1,5-9H2,2-4H3;1H2,2H3;1H3;. The molecule has 0 spiro atoms. The first kappa shape index (κ1) is 15.8. The van der Waals surface area contributed by atoms with Crippen molar-refractivity contribution in [2.24, 2.45) is 0 Å². The Morgan fingerprint density at radius 2 is 1.73 bits per heavy atom. The van der Waals surface area contributed by atoms with Gasteiger partial charge in [-0.1, -0.05) is 0 Å². The Balaban J connectivity index is 3.53. The van der Waals surface area contributed by atoms with Crippen molar-refractivity contribution in [2.75, 3.05) is 13.1 Å². The maximum atomic E-state index is 2.63. The maximum absolute atomic E-state index is 2.63. The molecule has 90 valence electrons. The molecule has 0 unspecified atom stereocenters. The molecule has 0 aliphatic carbocycles. The van der Waals surface area contributed by atoms with Gasteiger partial charge < -0.3 is 0 Å². The minimum atomic E-state index is -0.930. The summed E-state index contributed by atoms with van der Waals surface area (Å²) in [5.74, 6) is 0. The van der Waals surface area contributed by atoms with E-state index < -0.39 is 21.4 Å². The van der Waals surface area contributed by atoms with E-state index in [1.165, 1.54) is 32.4 Å². The molecule has 15 heavy (non-hydrogen) atoms. The average molecular weight is 315 g/mol. The van der Waals surface area contributed by atoms with Crippen molar-refractivity contribution in [1.82, 2.24) is 4.90 Å². The van der Waals surface area contributed by atoms with Crippen molar-refractivity contribution < 1.29 is 0 Å². The van der Waals surface area contributed by atoms with E-state index in [0.717, 1.165) is 6.04 Å². The number of nitrogens with zero attached hydrogens (tertiary/aromatic N) is 1. The van der Waals surface area contributed by atoms with Crippen LogP contribution in [0.2, 0.25) is 13.0 Å². The van der Waals surface area contributed by atoms with Crippen molar-refractivity contribution in [2.45, 2.75) is 66.0 Å². The molecule has 0 aromatic carbocycles. The van der Waals surface area contributed by atoms with Crippen molar-refractivity contribution in [3.8, 4) is 0 Å². The fourth-order valence-electron chi connectivity index (χ4n) is 1.93. The van der Waals surface area contributed by atoms with Gasteiger partial charge in [-0.15, -0.1) is 0 Å². The zero-order valence-corrected chi connectivity index (χ0v) is 14.8. The molecule has 0 aromatic heterocycles. The van der Waals surface area contributed by atoms with E-state index in [9.17, 15) is 0 Å². The summed E-state index contributed by atoms with van der Waals surface area (Å²) >= 11 is -0.930. The molecule has 0 aromatic rings. The van der Waals surface area contributed by atoms with Crippen LogP contribution in [-0.2, 0) is 0 Å². The Kier molecular flexibility index (Phi) is 10.6. The van der Waals surface area contributed by atoms with Gasteiger partial charge in [0.25, 0.3) is 0 Å². The molecule has 0 heterocycles. The summed E-state index contributed by atoms with van der Waals surface area (Å²) in [7, 11) is 0. The second-order valence-corrected chi connectivity index (χ2v) is 15.4. The van der Waals surface area contributed by atoms with E-state index in [2.05, 4.69) is 37.3 Å². The third-order valence-electron chi connectivity index (χ3n) is 3.33. The molecule has 0 atom stereocenters. The first-order valence-corrected chi connectivity index (χ1v) is 14.8. The molecule has 0 radical (unpaired) electrons. The van der Waals surface area contributed by atoms with Crippen LogP contribution in [0, 0.1) is 0 Å². The summed E-state index contributed by atoms with van der Waals surface area (Å²) < 4.78 is 5.74. The van der Waals surface area contributed by atoms with Crippen LogP contribution in [0.5, 0.6) is 0 Å². The van der Waals surface area contributed by atoms with Gasteiger partial charge in [-0.2, -0.15) is 0 Å². The van der Waals surface area contributed by atoms with E-state index in [0.29, 0.717) is 0 Å². The molecule has 0 saturated heterocycles. The SMILES string of the molecule is CCCN(CCC[CH2][In]([CH3])[CH2]C)C(C)C. The summed E-state index contributed by atoms with van der Waals surface area (Å²) in [4.78, 5) is 2.63. The summed E-state index contributed by atoms with van der Waals surface area (Å²) in [5.41, 5.74) is 0. The molecule has 1 nitrogen and oxygen atoms in total. The van der Waals surface area contributed by atoms with Gasteiger partial charge in [0, 0.05) is 0 Å². The third-order valence-corrected chi connectivity index (χ3v) is 11.3. The van der Waals surface area contributed by atoms with Crippen LogP contribution in [0.1, 0.15) is 47.0 Å². The molecular formula is C13H30InN. The van der Waals surface area contributed by atoms with E-state index in [-0.39, 0.29) is 0 Å². The van der Waals surface area contributed by atoms with Crippen molar-refractivity contribution in [3.05, 3.63) is 0 Å². The van der Waals surface area contributed by atoms with Gasteiger partial charge in [0.1, 0.15) is 0 Å². The zero-order valence-electron chi connectivity index (χ0n) is 11.6. The van der Waals surface area contributed by atoms with Crippen molar-refractivity contribution in [1.29, 1.82) is 0 Å². The van der Waals surface area contributed by atoms with Crippen LogP contribution < -0.4 is 0 Å². The second-order valence-electron chi connectivity index (χ2n) is 5.14. The molecule has 0 rings (SSSR count). The zero-order chi connectivity index (χ0) is 11.7. The molecule has 0 fully saturated rings. The fourth-order valence-corrected chi connectivity index (χ4v) is 5.91. The summed E-state index contributed by atoms with van der Waals surface area (Å²) in [6, 6.07) is 0.733. The van der Waals surface area contributed by atoms with Crippen LogP contribution >= 0.6 is 0 Å². The molecule has 2 heteroatoms. The van der Waals surface area contributed by atoms with E-state index in [4.69, 9.17) is 0 Å². The van der Waals surface area contributed by atoms with Gasteiger partial charge in [0.05, 0.1) is 0 Å². The Labute approximate surface area is 105 Å². The molecule has 0 saturated carbocycles. The number of rotatable bonds is 9. The van der Waals surface area contributed by atoms with E-state index in [1.54, 1.807) is 8.35 Å². The molecule has 0 bridgehead atoms. The van der Waals surface area contributed by atoms with E-state index in [1.807, 2.05) is 0 Å². The number of hydrogen-bond acceptors (Lipinski definition) is 1. The van der Waals surface area contributed by atoms with Crippen LogP contribution in [0.25, 0.3) is 0 Å². The fraction of sp³-hybridized carbons (Fsp3) is 1.00. The molecule has 0 aliphatic heterocycles. The summed E-state index contributed by atoms with van der Waals surface area (Å²) in [5, 5.41) is 0. The average Bonchev–Trinajstić information content (AvgIpc) is 2.21. The Bertz CT molecular complexity index is 136. The van der Waals surface area contributed by atoms with Crippen molar-refractivity contribution >= 4 is 21.4 Å². The van der Waals surface area contributed by atoms with E-state index >= 15 is 0 Å². The predicted octanol–water partition coefficient (Wildman–Crippen LogP) is 4.03. The van der Waals surface area contributed by atoms with Gasteiger partial charge >= 0.3 is 105 Å². The second kappa shape index (κ2) is 10.0. The van der Waals surface area contributed by atoms with Gasteiger partial charge in [-0.05, 0) is 0 Å². The summed E-state index contributed by atoms with van der Waals surface area (Å²) in [6.07, 6.45) is 4.22. The van der Waals surface area contributed by atoms with Crippen LogP contribution in [0.4, 0.5) is 0 Å². The topological polar surface area (TPSA) is 3.24 Å². The molecule has 0 N–H and O–H groups in total. The van der Waals surface area contributed by atoms with Crippen LogP contribution in [-0.4, -0.2) is 45.5 Å². The monoisotopic (exact) mass is 315 g/mol. The van der Waals surface area contributed by atoms with Gasteiger partial charge in [0.2, 0.25) is 0 Å². The van der Waals surface area contributed by atoms with Crippen LogP contribution in [0.3, 0.4) is 0 Å². The number of hydrogen-bond donors (Lipinski definition) is 0. The molecule has 0 amide bonds. The minimum absolute atomic E-state index is 0.733. The quantitative estimate of drug-likeness (QED) is 0.581. The first-order chi connectivity index (χ1) is 7.11. The van der Waals surface area contributed by atoms with Gasteiger partial charge in [-0.3, -0.25) is 0 Å². The Morgan fingerprint density at radius 3 is 2.20 bits per heavy atom. The van der Waals surface area contributed by atoms with Gasteiger partial charge in [0.15, 0.2) is 0 Å². The first-order valence-electron chi connectivity index (χ1n) is 6.85. The normalized spacial score (nSPS) is 11.4. The Hall–Kier alpha value is 0.830. The molecule has 0 aliphatic rings. The van der Waals surface area contributed by atoms with Gasteiger partial charge in [-0.25, -0.2) is 0 Å². The Morgan fingerprint density at radius 1 is 1.07 bits per heavy atom. The predicted molar refractivity (Wildman–Crippen MR) is 73.1 cm³/mol.